The molecule has 1 aliphatic heterocycles. The lowest BCUT2D eigenvalue weighted by atomic mass is 9.83. The lowest BCUT2D eigenvalue weighted by Gasteiger charge is -2.28. The van der Waals surface area contributed by atoms with Gasteiger partial charge in [-0.1, -0.05) is 32.0 Å². The van der Waals surface area contributed by atoms with Crippen molar-refractivity contribution in [3.8, 4) is 5.75 Å². The van der Waals surface area contributed by atoms with Gasteiger partial charge in [-0.3, -0.25) is 0 Å². The maximum absolute atomic E-state index is 5.55. The first-order valence-corrected chi connectivity index (χ1v) is 5.04. The summed E-state index contributed by atoms with van der Waals surface area (Å²) in [6, 6.07) is 8.12. The van der Waals surface area contributed by atoms with Crippen molar-refractivity contribution in [1.82, 2.24) is 0 Å². The van der Waals surface area contributed by atoms with Crippen LogP contribution in [0.2, 0.25) is 0 Å². The molecule has 1 heterocycles. The SMILES string of the molecule is CC1(C)C=C(Br)Oc2ccccc21. The molecule has 0 aromatic heterocycles. The molecular weight excluding hydrogens is 228 g/mol. The summed E-state index contributed by atoms with van der Waals surface area (Å²) >= 11 is 3.37. The van der Waals surface area contributed by atoms with Gasteiger partial charge in [-0.15, -0.1) is 0 Å². The van der Waals surface area contributed by atoms with Crippen LogP contribution in [-0.4, -0.2) is 0 Å². The average molecular weight is 239 g/mol. The van der Waals surface area contributed by atoms with Crippen molar-refractivity contribution in [1.29, 1.82) is 0 Å². The summed E-state index contributed by atoms with van der Waals surface area (Å²) in [5.74, 6) is 0.946. The van der Waals surface area contributed by atoms with E-state index in [1.54, 1.807) is 0 Å². The summed E-state index contributed by atoms with van der Waals surface area (Å²) in [5, 5.41) is 0. The molecule has 0 aliphatic carbocycles. The molecule has 1 aromatic carbocycles. The first-order valence-electron chi connectivity index (χ1n) is 4.25. The molecule has 0 bridgehead atoms. The Hall–Kier alpha value is -0.760. The molecule has 0 saturated heterocycles. The number of rotatable bonds is 0. The molecule has 0 radical (unpaired) electrons. The highest BCUT2D eigenvalue weighted by molar-refractivity contribution is 9.11. The second-order valence-electron chi connectivity index (χ2n) is 3.77. The molecule has 0 N–H and O–H groups in total. The monoisotopic (exact) mass is 238 g/mol. The van der Waals surface area contributed by atoms with Crippen molar-refractivity contribution >= 4 is 15.9 Å². The number of para-hydroxylation sites is 1. The van der Waals surface area contributed by atoms with E-state index in [4.69, 9.17) is 4.74 Å². The smallest absolute Gasteiger partial charge is 0.166 e. The van der Waals surface area contributed by atoms with E-state index in [0.717, 1.165) is 10.4 Å². The lowest BCUT2D eigenvalue weighted by molar-refractivity contribution is 0.420. The van der Waals surface area contributed by atoms with Gasteiger partial charge in [0, 0.05) is 11.0 Å². The van der Waals surface area contributed by atoms with Crippen molar-refractivity contribution in [2.24, 2.45) is 0 Å². The number of hydrogen-bond donors (Lipinski definition) is 0. The van der Waals surface area contributed by atoms with Crippen molar-refractivity contribution in [2.75, 3.05) is 0 Å². The van der Waals surface area contributed by atoms with Gasteiger partial charge in [0.1, 0.15) is 5.75 Å². The van der Waals surface area contributed by atoms with Crippen molar-refractivity contribution in [3.05, 3.63) is 40.6 Å². The minimum absolute atomic E-state index is 0.0493. The van der Waals surface area contributed by atoms with Gasteiger partial charge in [0.25, 0.3) is 0 Å². The summed E-state index contributed by atoms with van der Waals surface area (Å²) in [7, 11) is 0. The molecule has 0 spiro atoms. The normalized spacial score (nSPS) is 18.5. The third-order valence-corrected chi connectivity index (χ3v) is 2.65. The summed E-state index contributed by atoms with van der Waals surface area (Å²) in [5.41, 5.74) is 1.28. The molecule has 13 heavy (non-hydrogen) atoms. The zero-order chi connectivity index (χ0) is 9.47. The highest BCUT2D eigenvalue weighted by Crippen LogP contribution is 2.39. The predicted octanol–water partition coefficient (Wildman–Crippen LogP) is 3.59. The zero-order valence-electron chi connectivity index (χ0n) is 7.67. The van der Waals surface area contributed by atoms with Crippen LogP contribution in [0.15, 0.2) is 35.0 Å². The van der Waals surface area contributed by atoms with Gasteiger partial charge >= 0.3 is 0 Å². The van der Waals surface area contributed by atoms with E-state index in [-0.39, 0.29) is 5.41 Å². The summed E-state index contributed by atoms with van der Waals surface area (Å²) in [4.78, 5) is 0. The number of halogens is 1. The van der Waals surface area contributed by atoms with E-state index >= 15 is 0 Å². The molecule has 1 nitrogen and oxygen atoms in total. The Bertz CT molecular complexity index is 366. The lowest BCUT2D eigenvalue weighted by Crippen LogP contribution is -2.19. The van der Waals surface area contributed by atoms with Crippen LogP contribution in [0.1, 0.15) is 19.4 Å². The van der Waals surface area contributed by atoms with Gasteiger partial charge in [0.15, 0.2) is 4.67 Å². The summed E-state index contributed by atoms with van der Waals surface area (Å²) in [6.07, 6.45) is 2.08. The predicted molar refractivity (Wildman–Crippen MR) is 57.1 cm³/mol. The maximum atomic E-state index is 5.55. The van der Waals surface area contributed by atoms with Crippen molar-refractivity contribution in [3.63, 3.8) is 0 Å². The van der Waals surface area contributed by atoms with Crippen LogP contribution in [0.5, 0.6) is 5.75 Å². The molecular formula is C11H11BrO. The molecule has 2 heteroatoms. The number of ether oxygens (including phenoxy) is 1. The Balaban J connectivity index is 2.58. The van der Waals surface area contributed by atoms with E-state index < -0.39 is 0 Å². The molecule has 1 aliphatic rings. The second-order valence-corrected chi connectivity index (χ2v) is 4.55. The van der Waals surface area contributed by atoms with Crippen LogP contribution in [0.3, 0.4) is 0 Å². The second kappa shape index (κ2) is 2.88. The molecule has 0 fully saturated rings. The number of hydrogen-bond acceptors (Lipinski definition) is 1. The Labute approximate surface area is 86.5 Å². The number of allylic oxidation sites excluding steroid dienone is 1. The Morgan fingerprint density at radius 1 is 1.23 bits per heavy atom. The number of fused-ring (bicyclic) bond motifs is 1. The minimum Gasteiger partial charge on any atom is -0.450 e. The Morgan fingerprint density at radius 2 is 1.92 bits per heavy atom. The van der Waals surface area contributed by atoms with Crippen LogP contribution in [-0.2, 0) is 5.41 Å². The Morgan fingerprint density at radius 3 is 2.69 bits per heavy atom. The quantitative estimate of drug-likeness (QED) is 0.672. The van der Waals surface area contributed by atoms with Crippen molar-refractivity contribution < 1.29 is 4.74 Å². The third kappa shape index (κ3) is 1.51. The fraction of sp³-hybridized carbons (Fsp3) is 0.273. The van der Waals surface area contributed by atoms with Crippen LogP contribution in [0.25, 0.3) is 0 Å². The summed E-state index contributed by atoms with van der Waals surface area (Å²) < 4.78 is 6.35. The molecule has 1 aromatic rings. The zero-order valence-corrected chi connectivity index (χ0v) is 9.26. The minimum atomic E-state index is 0.0493. The fourth-order valence-electron chi connectivity index (χ4n) is 1.58. The van der Waals surface area contributed by atoms with E-state index in [0.29, 0.717) is 0 Å². The fourth-order valence-corrected chi connectivity index (χ4v) is 2.33. The van der Waals surface area contributed by atoms with E-state index in [1.807, 2.05) is 18.2 Å². The number of benzene rings is 1. The van der Waals surface area contributed by atoms with Crippen LogP contribution >= 0.6 is 15.9 Å². The van der Waals surface area contributed by atoms with Crippen LogP contribution in [0, 0.1) is 0 Å². The topological polar surface area (TPSA) is 9.23 Å². The molecule has 68 valence electrons. The largest absolute Gasteiger partial charge is 0.450 e. The molecule has 2 rings (SSSR count). The van der Waals surface area contributed by atoms with Gasteiger partial charge < -0.3 is 4.74 Å². The molecule has 0 unspecified atom stereocenters. The van der Waals surface area contributed by atoms with Gasteiger partial charge in [-0.2, -0.15) is 0 Å². The third-order valence-electron chi connectivity index (χ3n) is 2.26. The van der Waals surface area contributed by atoms with E-state index in [1.165, 1.54) is 5.56 Å². The maximum Gasteiger partial charge on any atom is 0.166 e. The first-order chi connectivity index (χ1) is 6.09. The highest BCUT2D eigenvalue weighted by Gasteiger charge is 2.26. The highest BCUT2D eigenvalue weighted by atomic mass is 79.9. The van der Waals surface area contributed by atoms with E-state index in [2.05, 4.69) is 41.9 Å². The van der Waals surface area contributed by atoms with Crippen molar-refractivity contribution in [2.45, 2.75) is 19.3 Å². The van der Waals surface area contributed by atoms with Crippen LogP contribution in [0.4, 0.5) is 0 Å². The van der Waals surface area contributed by atoms with Gasteiger partial charge in [-0.05, 0) is 28.1 Å². The van der Waals surface area contributed by atoms with Gasteiger partial charge in [0.2, 0.25) is 0 Å². The first kappa shape index (κ1) is 8.82. The van der Waals surface area contributed by atoms with E-state index in [9.17, 15) is 0 Å². The average Bonchev–Trinajstić information content (AvgIpc) is 2.02. The standard InChI is InChI=1S/C11H11BrO/c1-11(2)7-10(12)13-9-6-4-3-5-8(9)11/h3-7H,1-2H3. The molecule has 0 amide bonds. The summed E-state index contributed by atoms with van der Waals surface area (Å²) in [6.45, 7) is 4.35. The van der Waals surface area contributed by atoms with Crippen LogP contribution < -0.4 is 4.74 Å². The van der Waals surface area contributed by atoms with Gasteiger partial charge in [-0.25, -0.2) is 0 Å². The molecule has 0 saturated carbocycles. The Kier molecular flexibility index (Phi) is 1.95. The van der Waals surface area contributed by atoms with Gasteiger partial charge in [0.05, 0.1) is 0 Å². The molecule has 0 atom stereocenters.